The van der Waals surface area contributed by atoms with Crippen molar-refractivity contribution in [3.8, 4) is 0 Å². The van der Waals surface area contributed by atoms with Crippen LogP contribution in [-0.4, -0.2) is 23.2 Å². The third-order valence-corrected chi connectivity index (χ3v) is 6.07. The fourth-order valence-corrected chi connectivity index (χ4v) is 4.52. The molecule has 1 aromatic rings. The Morgan fingerprint density at radius 1 is 1.22 bits per heavy atom. The molecule has 1 saturated carbocycles. The average molecular weight is 287 g/mol. The van der Waals surface area contributed by atoms with E-state index < -0.39 is 0 Å². The molecule has 0 bridgehead atoms. The third kappa shape index (κ3) is 2.26. The lowest BCUT2D eigenvalue weighted by Crippen LogP contribution is -2.38. The first-order valence-corrected chi connectivity index (χ1v) is 7.93. The van der Waals surface area contributed by atoms with Crippen LogP contribution in [0.5, 0.6) is 0 Å². The van der Waals surface area contributed by atoms with Crippen molar-refractivity contribution < 1.29 is 5.11 Å². The Balaban J connectivity index is 1.68. The molecule has 3 rings (SSSR count). The van der Waals surface area contributed by atoms with Crippen molar-refractivity contribution in [2.24, 2.45) is 5.41 Å². The molecule has 1 aromatic heterocycles. The minimum absolute atomic E-state index is 0.00568. The zero-order valence-electron chi connectivity index (χ0n) is 10.5. The molecule has 18 heavy (non-hydrogen) atoms. The van der Waals surface area contributed by atoms with E-state index in [0.717, 1.165) is 23.1 Å². The molecule has 1 spiro atoms. The first-order chi connectivity index (χ1) is 8.72. The summed E-state index contributed by atoms with van der Waals surface area (Å²) in [5.74, 6) is 0. The van der Waals surface area contributed by atoms with Crippen molar-refractivity contribution in [3.05, 3.63) is 10.0 Å². The Bertz CT molecular complexity index is 419. The highest BCUT2D eigenvalue weighted by atomic mass is 35.5. The van der Waals surface area contributed by atoms with Gasteiger partial charge in [-0.3, -0.25) is 0 Å². The summed E-state index contributed by atoms with van der Waals surface area (Å²) >= 11 is 7.53. The van der Waals surface area contributed by atoms with E-state index in [2.05, 4.69) is 9.88 Å². The van der Waals surface area contributed by atoms with E-state index in [9.17, 15) is 0 Å². The summed E-state index contributed by atoms with van der Waals surface area (Å²) in [6.07, 6.45) is 8.25. The number of piperidine rings is 1. The van der Waals surface area contributed by atoms with Crippen LogP contribution in [0.4, 0.5) is 5.13 Å². The van der Waals surface area contributed by atoms with E-state index in [0.29, 0.717) is 10.6 Å². The molecule has 0 unspecified atom stereocenters. The van der Waals surface area contributed by atoms with Gasteiger partial charge in [-0.1, -0.05) is 35.8 Å². The van der Waals surface area contributed by atoms with E-state index in [1.807, 2.05) is 0 Å². The van der Waals surface area contributed by atoms with Crippen molar-refractivity contribution in [3.63, 3.8) is 0 Å². The maximum atomic E-state index is 9.17. The predicted octanol–water partition coefficient (Wildman–Crippen LogP) is 3.45. The van der Waals surface area contributed by atoms with Gasteiger partial charge in [0, 0.05) is 13.1 Å². The van der Waals surface area contributed by atoms with Gasteiger partial charge in [0.2, 0.25) is 0 Å². The van der Waals surface area contributed by atoms with Crippen LogP contribution in [0.3, 0.4) is 0 Å². The molecule has 2 fully saturated rings. The molecule has 0 amide bonds. The monoisotopic (exact) mass is 286 g/mol. The Morgan fingerprint density at radius 2 is 1.89 bits per heavy atom. The molecule has 0 atom stereocenters. The van der Waals surface area contributed by atoms with Crippen LogP contribution < -0.4 is 4.90 Å². The summed E-state index contributed by atoms with van der Waals surface area (Å²) in [7, 11) is 0. The fraction of sp³-hybridized carbons (Fsp3) is 0.769. The minimum atomic E-state index is -0.00568. The molecule has 1 aliphatic heterocycles. The number of thiazole rings is 1. The molecule has 0 radical (unpaired) electrons. The highest BCUT2D eigenvalue weighted by Crippen LogP contribution is 2.47. The van der Waals surface area contributed by atoms with Gasteiger partial charge in [-0.25, -0.2) is 4.98 Å². The SMILES string of the molecule is OCc1sc(N2CCC3(CCCC3)CC2)nc1Cl. The lowest BCUT2D eigenvalue weighted by molar-refractivity contribution is 0.226. The van der Waals surface area contributed by atoms with Crippen LogP contribution in [-0.2, 0) is 6.61 Å². The molecule has 5 heteroatoms. The van der Waals surface area contributed by atoms with E-state index in [-0.39, 0.29) is 6.61 Å². The zero-order valence-corrected chi connectivity index (χ0v) is 12.1. The number of anilines is 1. The molecular weight excluding hydrogens is 268 g/mol. The second-order valence-corrected chi connectivity index (χ2v) is 6.98. The summed E-state index contributed by atoms with van der Waals surface area (Å²) in [4.78, 5) is 7.49. The predicted molar refractivity (Wildman–Crippen MR) is 75.4 cm³/mol. The van der Waals surface area contributed by atoms with Crippen molar-refractivity contribution in [2.75, 3.05) is 18.0 Å². The number of halogens is 1. The van der Waals surface area contributed by atoms with Crippen LogP contribution in [0.1, 0.15) is 43.4 Å². The van der Waals surface area contributed by atoms with Gasteiger partial charge < -0.3 is 10.0 Å². The maximum Gasteiger partial charge on any atom is 0.187 e. The van der Waals surface area contributed by atoms with E-state index >= 15 is 0 Å². The van der Waals surface area contributed by atoms with E-state index in [4.69, 9.17) is 16.7 Å². The molecular formula is C13H19ClN2OS. The van der Waals surface area contributed by atoms with Gasteiger partial charge >= 0.3 is 0 Å². The Labute approximate surface area is 117 Å². The molecule has 1 N–H and O–H groups in total. The molecule has 1 saturated heterocycles. The molecule has 3 nitrogen and oxygen atoms in total. The number of hydrogen-bond donors (Lipinski definition) is 1. The number of aliphatic hydroxyl groups excluding tert-OH is 1. The first kappa shape index (κ1) is 12.7. The van der Waals surface area contributed by atoms with Crippen LogP contribution in [0.25, 0.3) is 0 Å². The Morgan fingerprint density at radius 3 is 2.44 bits per heavy atom. The summed E-state index contributed by atoms with van der Waals surface area (Å²) in [6, 6.07) is 0. The number of nitrogens with zero attached hydrogens (tertiary/aromatic N) is 2. The molecule has 2 aliphatic rings. The topological polar surface area (TPSA) is 36.4 Å². The van der Waals surface area contributed by atoms with Crippen molar-refractivity contribution in [1.82, 2.24) is 4.98 Å². The van der Waals surface area contributed by atoms with Crippen LogP contribution >= 0.6 is 22.9 Å². The maximum absolute atomic E-state index is 9.17. The zero-order chi connectivity index (χ0) is 12.6. The van der Waals surface area contributed by atoms with Gasteiger partial charge in [0.05, 0.1) is 11.5 Å². The molecule has 0 aromatic carbocycles. The van der Waals surface area contributed by atoms with Crippen LogP contribution in [0.2, 0.25) is 5.15 Å². The summed E-state index contributed by atoms with van der Waals surface area (Å²) in [5, 5.41) is 10.6. The van der Waals surface area contributed by atoms with Crippen LogP contribution in [0.15, 0.2) is 0 Å². The summed E-state index contributed by atoms with van der Waals surface area (Å²) in [5.41, 5.74) is 0.636. The van der Waals surface area contributed by atoms with Gasteiger partial charge in [-0.2, -0.15) is 0 Å². The third-order valence-electron chi connectivity index (χ3n) is 4.54. The molecule has 2 heterocycles. The quantitative estimate of drug-likeness (QED) is 0.905. The largest absolute Gasteiger partial charge is 0.391 e. The molecule has 1 aliphatic carbocycles. The van der Waals surface area contributed by atoms with Gasteiger partial charge in [-0.05, 0) is 31.1 Å². The second kappa shape index (κ2) is 4.99. The number of aliphatic hydroxyl groups is 1. The van der Waals surface area contributed by atoms with E-state index in [1.165, 1.54) is 49.9 Å². The van der Waals surface area contributed by atoms with Crippen molar-refractivity contribution in [2.45, 2.75) is 45.1 Å². The number of aromatic nitrogens is 1. The Hall–Kier alpha value is -0.320. The lowest BCUT2D eigenvalue weighted by atomic mass is 9.77. The van der Waals surface area contributed by atoms with Crippen molar-refractivity contribution >= 4 is 28.1 Å². The van der Waals surface area contributed by atoms with Crippen molar-refractivity contribution in [1.29, 1.82) is 0 Å². The average Bonchev–Trinajstić information content (AvgIpc) is 2.98. The smallest absolute Gasteiger partial charge is 0.187 e. The van der Waals surface area contributed by atoms with Gasteiger partial charge in [0.15, 0.2) is 5.13 Å². The first-order valence-electron chi connectivity index (χ1n) is 6.73. The van der Waals surface area contributed by atoms with Gasteiger partial charge in [-0.15, -0.1) is 0 Å². The molecule has 100 valence electrons. The fourth-order valence-electron chi connectivity index (χ4n) is 3.35. The van der Waals surface area contributed by atoms with E-state index in [1.54, 1.807) is 0 Å². The number of rotatable bonds is 2. The highest BCUT2D eigenvalue weighted by molar-refractivity contribution is 7.16. The summed E-state index contributed by atoms with van der Waals surface area (Å²) < 4.78 is 0. The van der Waals surface area contributed by atoms with Crippen LogP contribution in [0, 0.1) is 5.41 Å². The minimum Gasteiger partial charge on any atom is -0.391 e. The second-order valence-electron chi connectivity index (χ2n) is 5.56. The number of hydrogen-bond acceptors (Lipinski definition) is 4. The lowest BCUT2D eigenvalue weighted by Gasteiger charge is -2.39. The van der Waals surface area contributed by atoms with Gasteiger partial charge in [0.25, 0.3) is 0 Å². The summed E-state index contributed by atoms with van der Waals surface area (Å²) in [6.45, 7) is 2.18. The van der Waals surface area contributed by atoms with Gasteiger partial charge in [0.1, 0.15) is 5.15 Å². The normalized spacial score (nSPS) is 22.9. The highest BCUT2D eigenvalue weighted by Gasteiger charge is 2.37. The standard InChI is InChI=1S/C13H19ClN2OS/c14-11-10(9-17)18-12(15-11)16-7-5-13(6-8-16)3-1-2-4-13/h17H,1-9H2. The Kier molecular flexibility index (Phi) is 3.52.